The maximum absolute atomic E-state index is 11.2. The Bertz CT molecular complexity index is 339. The average molecular weight is 291 g/mol. The van der Waals surface area contributed by atoms with E-state index in [1.807, 2.05) is 12.1 Å². The van der Waals surface area contributed by atoms with Gasteiger partial charge in [0.1, 0.15) is 5.76 Å². The highest BCUT2D eigenvalue weighted by Crippen LogP contribution is 2.13. The van der Waals surface area contributed by atoms with Gasteiger partial charge in [0, 0.05) is 19.5 Å². The first-order chi connectivity index (χ1) is 7.58. The number of nitrogens with one attached hydrogen (secondary N) is 2. The van der Waals surface area contributed by atoms with Crippen LogP contribution in [-0.2, 0) is 6.42 Å². The van der Waals surface area contributed by atoms with Crippen molar-refractivity contribution >= 4 is 22.0 Å². The SMILES string of the molecule is C[C@@H](O)CNC(=O)NCCc1ccc(Br)o1. The van der Waals surface area contributed by atoms with Gasteiger partial charge in [-0.05, 0) is 35.0 Å². The third-order valence-corrected chi connectivity index (χ3v) is 2.27. The van der Waals surface area contributed by atoms with E-state index in [0.29, 0.717) is 17.6 Å². The van der Waals surface area contributed by atoms with Crippen molar-refractivity contribution in [2.75, 3.05) is 13.1 Å². The number of rotatable bonds is 5. The number of carbonyl (C=O) groups is 1. The van der Waals surface area contributed by atoms with Crippen LogP contribution in [0.3, 0.4) is 0 Å². The largest absolute Gasteiger partial charge is 0.454 e. The molecule has 0 bridgehead atoms. The summed E-state index contributed by atoms with van der Waals surface area (Å²) in [5.41, 5.74) is 0. The van der Waals surface area contributed by atoms with E-state index in [0.717, 1.165) is 5.76 Å². The van der Waals surface area contributed by atoms with Gasteiger partial charge in [0.05, 0.1) is 6.10 Å². The molecule has 5 nitrogen and oxygen atoms in total. The lowest BCUT2D eigenvalue weighted by atomic mass is 10.3. The van der Waals surface area contributed by atoms with Crippen molar-refractivity contribution in [1.82, 2.24) is 10.6 Å². The Morgan fingerprint density at radius 3 is 2.88 bits per heavy atom. The first-order valence-corrected chi connectivity index (χ1v) is 5.81. The molecule has 0 spiro atoms. The molecule has 0 aliphatic heterocycles. The Morgan fingerprint density at radius 1 is 1.56 bits per heavy atom. The zero-order valence-electron chi connectivity index (χ0n) is 9.00. The van der Waals surface area contributed by atoms with E-state index in [2.05, 4.69) is 26.6 Å². The second-order valence-electron chi connectivity index (χ2n) is 3.44. The zero-order chi connectivity index (χ0) is 12.0. The smallest absolute Gasteiger partial charge is 0.314 e. The van der Waals surface area contributed by atoms with Gasteiger partial charge in [-0.3, -0.25) is 0 Å². The van der Waals surface area contributed by atoms with E-state index in [-0.39, 0.29) is 12.6 Å². The molecule has 1 atom stereocenters. The van der Waals surface area contributed by atoms with Crippen molar-refractivity contribution in [3.63, 3.8) is 0 Å². The van der Waals surface area contributed by atoms with Gasteiger partial charge in [-0.25, -0.2) is 4.79 Å². The molecule has 2 amide bonds. The third kappa shape index (κ3) is 5.18. The van der Waals surface area contributed by atoms with Crippen LogP contribution in [0.1, 0.15) is 12.7 Å². The van der Waals surface area contributed by atoms with Gasteiger partial charge in [-0.1, -0.05) is 0 Å². The molecule has 0 fully saturated rings. The Hall–Kier alpha value is -1.01. The van der Waals surface area contributed by atoms with Crippen LogP contribution in [0.2, 0.25) is 0 Å². The molecule has 1 aromatic heterocycles. The minimum absolute atomic E-state index is 0.248. The normalized spacial score (nSPS) is 12.2. The molecule has 0 aliphatic carbocycles. The zero-order valence-corrected chi connectivity index (χ0v) is 10.6. The summed E-state index contributed by atoms with van der Waals surface area (Å²) in [5, 5.41) is 14.1. The molecule has 0 aliphatic rings. The number of aliphatic hydroxyl groups is 1. The van der Waals surface area contributed by atoms with E-state index in [1.54, 1.807) is 6.92 Å². The lowest BCUT2D eigenvalue weighted by Gasteiger charge is -2.08. The minimum atomic E-state index is -0.535. The fraction of sp³-hybridized carbons (Fsp3) is 0.500. The van der Waals surface area contributed by atoms with Gasteiger partial charge in [-0.15, -0.1) is 0 Å². The van der Waals surface area contributed by atoms with Gasteiger partial charge in [-0.2, -0.15) is 0 Å². The second-order valence-corrected chi connectivity index (χ2v) is 4.22. The maximum Gasteiger partial charge on any atom is 0.314 e. The van der Waals surface area contributed by atoms with Gasteiger partial charge in [0.2, 0.25) is 0 Å². The number of halogens is 1. The van der Waals surface area contributed by atoms with Crippen LogP contribution in [0.5, 0.6) is 0 Å². The minimum Gasteiger partial charge on any atom is -0.454 e. The monoisotopic (exact) mass is 290 g/mol. The molecule has 0 unspecified atom stereocenters. The van der Waals surface area contributed by atoms with Gasteiger partial charge < -0.3 is 20.2 Å². The predicted octanol–water partition coefficient (Wildman–Crippen LogP) is 1.26. The number of urea groups is 1. The standard InChI is InChI=1S/C10H15BrN2O3/c1-7(14)6-13-10(15)12-5-4-8-2-3-9(11)16-8/h2-3,7,14H,4-6H2,1H3,(H2,12,13,15)/t7-/m1/s1. The van der Waals surface area contributed by atoms with Gasteiger partial charge in [0.15, 0.2) is 4.67 Å². The average Bonchev–Trinajstić information content (AvgIpc) is 2.61. The van der Waals surface area contributed by atoms with Crippen LogP contribution in [0.15, 0.2) is 21.2 Å². The fourth-order valence-corrected chi connectivity index (χ4v) is 1.43. The molecular formula is C10H15BrN2O3. The molecule has 0 saturated heterocycles. The number of amides is 2. The molecule has 1 heterocycles. The Morgan fingerprint density at radius 2 is 2.31 bits per heavy atom. The lowest BCUT2D eigenvalue weighted by Crippen LogP contribution is -2.39. The van der Waals surface area contributed by atoms with E-state index in [9.17, 15) is 4.79 Å². The molecule has 0 radical (unpaired) electrons. The maximum atomic E-state index is 11.2. The van der Waals surface area contributed by atoms with Crippen molar-refractivity contribution < 1.29 is 14.3 Å². The van der Waals surface area contributed by atoms with Crippen LogP contribution in [-0.4, -0.2) is 30.3 Å². The molecule has 0 saturated carbocycles. The first kappa shape index (κ1) is 13.1. The topological polar surface area (TPSA) is 74.5 Å². The van der Waals surface area contributed by atoms with Crippen molar-refractivity contribution in [1.29, 1.82) is 0 Å². The van der Waals surface area contributed by atoms with Crippen molar-refractivity contribution in [2.45, 2.75) is 19.4 Å². The highest BCUT2D eigenvalue weighted by molar-refractivity contribution is 9.10. The van der Waals surface area contributed by atoms with Crippen molar-refractivity contribution in [3.8, 4) is 0 Å². The van der Waals surface area contributed by atoms with Crippen LogP contribution in [0.25, 0.3) is 0 Å². The predicted molar refractivity (Wildman–Crippen MR) is 63.2 cm³/mol. The van der Waals surface area contributed by atoms with Crippen LogP contribution < -0.4 is 10.6 Å². The van der Waals surface area contributed by atoms with Gasteiger partial charge in [0.25, 0.3) is 0 Å². The number of hydrogen-bond acceptors (Lipinski definition) is 3. The summed E-state index contributed by atoms with van der Waals surface area (Å²) in [6.07, 6.45) is 0.0972. The number of aliphatic hydroxyl groups excluding tert-OH is 1. The summed E-state index contributed by atoms with van der Waals surface area (Å²) in [5.74, 6) is 0.808. The summed E-state index contributed by atoms with van der Waals surface area (Å²) < 4.78 is 5.95. The van der Waals surface area contributed by atoms with E-state index in [4.69, 9.17) is 9.52 Å². The van der Waals surface area contributed by atoms with Crippen LogP contribution in [0.4, 0.5) is 4.79 Å². The Kier molecular flexibility index (Phi) is 5.34. The van der Waals surface area contributed by atoms with Crippen LogP contribution >= 0.6 is 15.9 Å². The summed E-state index contributed by atoms with van der Waals surface area (Å²) >= 11 is 3.20. The summed E-state index contributed by atoms with van der Waals surface area (Å²) in [7, 11) is 0. The molecule has 1 aromatic rings. The van der Waals surface area contributed by atoms with Crippen molar-refractivity contribution in [2.24, 2.45) is 0 Å². The number of furan rings is 1. The molecule has 1 rings (SSSR count). The van der Waals surface area contributed by atoms with Crippen molar-refractivity contribution in [3.05, 3.63) is 22.6 Å². The first-order valence-electron chi connectivity index (χ1n) is 5.02. The second kappa shape index (κ2) is 6.55. The fourth-order valence-electron chi connectivity index (χ4n) is 1.09. The lowest BCUT2D eigenvalue weighted by molar-refractivity contribution is 0.187. The van der Waals surface area contributed by atoms with E-state index >= 15 is 0 Å². The van der Waals surface area contributed by atoms with Gasteiger partial charge >= 0.3 is 6.03 Å². The number of carbonyl (C=O) groups excluding carboxylic acids is 1. The highest BCUT2D eigenvalue weighted by atomic mass is 79.9. The quantitative estimate of drug-likeness (QED) is 0.764. The number of hydrogen-bond donors (Lipinski definition) is 3. The van der Waals surface area contributed by atoms with E-state index < -0.39 is 6.10 Å². The Balaban J connectivity index is 2.13. The highest BCUT2D eigenvalue weighted by Gasteiger charge is 2.03. The van der Waals surface area contributed by atoms with Crippen LogP contribution in [0, 0.1) is 0 Å². The molecule has 90 valence electrons. The molecular weight excluding hydrogens is 276 g/mol. The molecule has 0 aromatic carbocycles. The summed E-state index contributed by atoms with van der Waals surface area (Å²) in [6, 6.07) is 3.37. The molecule has 16 heavy (non-hydrogen) atoms. The Labute approximate surface area is 102 Å². The summed E-state index contributed by atoms with van der Waals surface area (Å²) in [4.78, 5) is 11.2. The molecule has 6 heteroatoms. The van der Waals surface area contributed by atoms with E-state index in [1.165, 1.54) is 0 Å². The summed E-state index contributed by atoms with van der Waals surface area (Å²) in [6.45, 7) is 2.35. The molecule has 3 N–H and O–H groups in total. The third-order valence-electron chi connectivity index (χ3n) is 1.84.